The standard InChI is InChI=1S/C13H20F2N2O2S/c1-3-4-5-9(7-16)17-12(18)11-10(19-13(14)15)6-8(2)20-11/h6,9,13H,3-5,7,16H2,1-2H3,(H,17,18). The molecule has 1 aromatic heterocycles. The van der Waals surface area contributed by atoms with Crippen LogP contribution in [0.1, 0.15) is 40.7 Å². The van der Waals surface area contributed by atoms with Crippen molar-refractivity contribution in [2.24, 2.45) is 5.73 Å². The van der Waals surface area contributed by atoms with E-state index in [-0.39, 0.29) is 16.7 Å². The Hall–Kier alpha value is -1.21. The Labute approximate surface area is 121 Å². The first kappa shape index (κ1) is 16.8. The number of carbonyl (C=O) groups excluding carboxylic acids is 1. The Morgan fingerprint density at radius 1 is 1.55 bits per heavy atom. The summed E-state index contributed by atoms with van der Waals surface area (Å²) in [6.45, 7) is 1.16. The SMILES string of the molecule is CCCCC(CN)NC(=O)c1sc(C)cc1OC(F)F. The van der Waals surface area contributed by atoms with Gasteiger partial charge in [0.05, 0.1) is 0 Å². The first-order valence-electron chi connectivity index (χ1n) is 6.54. The zero-order valence-corrected chi connectivity index (χ0v) is 12.4. The molecular formula is C13H20F2N2O2S. The third-order valence-electron chi connectivity index (χ3n) is 2.77. The van der Waals surface area contributed by atoms with Crippen LogP contribution >= 0.6 is 11.3 Å². The Morgan fingerprint density at radius 2 is 2.25 bits per heavy atom. The van der Waals surface area contributed by atoms with Crippen molar-refractivity contribution >= 4 is 17.2 Å². The van der Waals surface area contributed by atoms with Gasteiger partial charge in [0, 0.05) is 17.5 Å². The van der Waals surface area contributed by atoms with E-state index in [0.29, 0.717) is 6.54 Å². The highest BCUT2D eigenvalue weighted by Crippen LogP contribution is 2.30. The number of aryl methyl sites for hydroxylation is 1. The summed E-state index contributed by atoms with van der Waals surface area (Å²) in [7, 11) is 0. The lowest BCUT2D eigenvalue weighted by atomic mass is 10.1. The molecule has 3 N–H and O–H groups in total. The first-order chi connectivity index (χ1) is 9.47. The molecule has 20 heavy (non-hydrogen) atoms. The van der Waals surface area contributed by atoms with Crippen LogP contribution in [0, 0.1) is 6.92 Å². The van der Waals surface area contributed by atoms with Crippen LogP contribution in [0.3, 0.4) is 0 Å². The molecule has 0 fully saturated rings. The molecule has 1 heterocycles. The van der Waals surface area contributed by atoms with Gasteiger partial charge in [-0.05, 0) is 19.4 Å². The van der Waals surface area contributed by atoms with Gasteiger partial charge in [0.2, 0.25) is 0 Å². The third-order valence-corrected chi connectivity index (χ3v) is 3.80. The van der Waals surface area contributed by atoms with Crippen LogP contribution in [0.4, 0.5) is 8.78 Å². The van der Waals surface area contributed by atoms with E-state index in [0.717, 1.165) is 35.5 Å². The van der Waals surface area contributed by atoms with Crippen LogP contribution in [0.5, 0.6) is 5.75 Å². The normalized spacial score (nSPS) is 12.5. The first-order valence-corrected chi connectivity index (χ1v) is 7.35. The minimum atomic E-state index is -2.94. The van der Waals surface area contributed by atoms with Gasteiger partial charge in [-0.3, -0.25) is 4.79 Å². The van der Waals surface area contributed by atoms with E-state index in [2.05, 4.69) is 10.1 Å². The quantitative estimate of drug-likeness (QED) is 0.776. The molecule has 7 heteroatoms. The summed E-state index contributed by atoms with van der Waals surface area (Å²) in [4.78, 5) is 13.0. The predicted octanol–water partition coefficient (Wildman–Crippen LogP) is 2.91. The molecule has 0 radical (unpaired) electrons. The molecule has 0 aliphatic carbocycles. The zero-order valence-electron chi connectivity index (χ0n) is 11.6. The molecule has 1 atom stereocenters. The Morgan fingerprint density at radius 3 is 2.80 bits per heavy atom. The number of halogens is 2. The van der Waals surface area contributed by atoms with Crippen molar-refractivity contribution in [2.45, 2.75) is 45.8 Å². The second-order valence-corrected chi connectivity index (χ2v) is 5.73. The number of alkyl halides is 2. The molecule has 0 saturated heterocycles. The van der Waals surface area contributed by atoms with Crippen LogP contribution < -0.4 is 15.8 Å². The van der Waals surface area contributed by atoms with Crippen molar-refractivity contribution in [1.82, 2.24) is 5.32 Å². The van der Waals surface area contributed by atoms with Gasteiger partial charge in [-0.1, -0.05) is 19.8 Å². The summed E-state index contributed by atoms with van der Waals surface area (Å²) in [5.74, 6) is -0.489. The lowest BCUT2D eigenvalue weighted by Crippen LogP contribution is -2.40. The maximum Gasteiger partial charge on any atom is 0.387 e. The minimum Gasteiger partial charge on any atom is -0.433 e. The van der Waals surface area contributed by atoms with E-state index in [9.17, 15) is 13.6 Å². The number of hydrogen-bond donors (Lipinski definition) is 2. The number of nitrogens with one attached hydrogen (secondary N) is 1. The molecule has 0 spiro atoms. The average molecular weight is 306 g/mol. The number of carbonyl (C=O) groups is 1. The highest BCUT2D eigenvalue weighted by Gasteiger charge is 2.21. The van der Waals surface area contributed by atoms with E-state index in [1.165, 1.54) is 6.07 Å². The molecule has 4 nitrogen and oxygen atoms in total. The number of hydrogen-bond acceptors (Lipinski definition) is 4. The smallest absolute Gasteiger partial charge is 0.387 e. The fourth-order valence-corrected chi connectivity index (χ4v) is 2.63. The van der Waals surface area contributed by atoms with Gasteiger partial charge in [-0.25, -0.2) is 0 Å². The summed E-state index contributed by atoms with van der Waals surface area (Å²) >= 11 is 1.13. The van der Waals surface area contributed by atoms with Gasteiger partial charge < -0.3 is 15.8 Å². The monoisotopic (exact) mass is 306 g/mol. The van der Waals surface area contributed by atoms with Crippen LogP contribution in [0.25, 0.3) is 0 Å². The average Bonchev–Trinajstić information content (AvgIpc) is 2.74. The summed E-state index contributed by atoms with van der Waals surface area (Å²) in [5.41, 5.74) is 5.60. The van der Waals surface area contributed by atoms with Crippen LogP contribution in [-0.2, 0) is 0 Å². The number of amides is 1. The summed E-state index contributed by atoms with van der Waals surface area (Å²) in [6, 6.07) is 1.29. The molecule has 1 unspecified atom stereocenters. The lowest BCUT2D eigenvalue weighted by molar-refractivity contribution is -0.0498. The maximum absolute atomic E-state index is 12.3. The van der Waals surface area contributed by atoms with Gasteiger partial charge in [-0.15, -0.1) is 11.3 Å². The molecule has 0 aromatic carbocycles. The highest BCUT2D eigenvalue weighted by molar-refractivity contribution is 7.14. The van der Waals surface area contributed by atoms with Crippen LogP contribution in [0.2, 0.25) is 0 Å². The van der Waals surface area contributed by atoms with Crippen molar-refractivity contribution in [1.29, 1.82) is 0 Å². The molecule has 1 aromatic rings. The molecular weight excluding hydrogens is 286 g/mol. The van der Waals surface area contributed by atoms with E-state index in [1.807, 2.05) is 6.92 Å². The number of rotatable bonds is 8. The van der Waals surface area contributed by atoms with Crippen molar-refractivity contribution in [3.05, 3.63) is 15.8 Å². The fraction of sp³-hybridized carbons (Fsp3) is 0.615. The van der Waals surface area contributed by atoms with Gasteiger partial charge in [0.1, 0.15) is 10.6 Å². The summed E-state index contributed by atoms with van der Waals surface area (Å²) in [5, 5.41) is 2.77. The highest BCUT2D eigenvalue weighted by atomic mass is 32.1. The van der Waals surface area contributed by atoms with Gasteiger partial charge in [0.15, 0.2) is 0 Å². The largest absolute Gasteiger partial charge is 0.433 e. The predicted molar refractivity (Wildman–Crippen MR) is 75.5 cm³/mol. The van der Waals surface area contributed by atoms with Crippen molar-refractivity contribution in [2.75, 3.05) is 6.54 Å². The fourth-order valence-electron chi connectivity index (χ4n) is 1.78. The maximum atomic E-state index is 12.3. The second-order valence-electron chi connectivity index (χ2n) is 4.48. The van der Waals surface area contributed by atoms with Gasteiger partial charge >= 0.3 is 6.61 Å². The summed E-state index contributed by atoms with van der Waals surface area (Å²) < 4.78 is 29.0. The number of thiophene rings is 1. The van der Waals surface area contributed by atoms with Gasteiger partial charge in [-0.2, -0.15) is 8.78 Å². The number of nitrogens with two attached hydrogens (primary N) is 1. The topological polar surface area (TPSA) is 64.3 Å². The van der Waals surface area contributed by atoms with E-state index < -0.39 is 12.5 Å². The molecule has 0 bridgehead atoms. The van der Waals surface area contributed by atoms with E-state index in [4.69, 9.17) is 5.73 Å². The molecule has 1 amide bonds. The molecule has 1 rings (SSSR count). The number of ether oxygens (including phenoxy) is 1. The minimum absolute atomic E-state index is 0.0775. The summed E-state index contributed by atoms with van der Waals surface area (Å²) in [6.07, 6.45) is 2.73. The Bertz CT molecular complexity index is 438. The lowest BCUT2D eigenvalue weighted by Gasteiger charge is -2.16. The number of unbranched alkanes of at least 4 members (excludes halogenated alkanes) is 1. The van der Waals surface area contributed by atoms with Crippen molar-refractivity contribution in [3.63, 3.8) is 0 Å². The molecule has 0 aliphatic rings. The zero-order chi connectivity index (χ0) is 15.1. The van der Waals surface area contributed by atoms with Gasteiger partial charge in [0.25, 0.3) is 5.91 Å². The van der Waals surface area contributed by atoms with Crippen molar-refractivity contribution < 1.29 is 18.3 Å². The van der Waals surface area contributed by atoms with E-state index >= 15 is 0 Å². The Balaban J connectivity index is 2.75. The molecule has 0 aliphatic heterocycles. The Kier molecular flexibility index (Phi) is 6.87. The van der Waals surface area contributed by atoms with Crippen molar-refractivity contribution in [3.8, 4) is 5.75 Å². The third kappa shape index (κ3) is 5.05. The van der Waals surface area contributed by atoms with Crippen LogP contribution in [0.15, 0.2) is 6.07 Å². The van der Waals surface area contributed by atoms with E-state index in [1.54, 1.807) is 6.92 Å². The molecule has 0 saturated carbocycles. The molecule has 114 valence electrons. The van der Waals surface area contributed by atoms with Crippen LogP contribution in [-0.4, -0.2) is 25.1 Å². The second kappa shape index (κ2) is 8.16.